The van der Waals surface area contributed by atoms with Crippen LogP contribution in [0.15, 0.2) is 12.7 Å². The van der Waals surface area contributed by atoms with Crippen LogP contribution in [-0.4, -0.2) is 73.2 Å². The molecule has 0 aliphatic carbocycles. The number of amides is 1. The molecule has 1 aliphatic heterocycles. The Morgan fingerprint density at radius 1 is 1.44 bits per heavy atom. The van der Waals surface area contributed by atoms with E-state index < -0.39 is 49.7 Å². The highest BCUT2D eigenvalue weighted by atomic mass is 19.1. The van der Waals surface area contributed by atoms with Crippen molar-refractivity contribution in [1.82, 2.24) is 24.8 Å². The molecule has 0 saturated carbocycles. The van der Waals surface area contributed by atoms with Crippen LogP contribution >= 0.6 is 0 Å². The number of aliphatic hydroxyl groups excluding tert-OH is 2. The van der Waals surface area contributed by atoms with Gasteiger partial charge in [-0.3, -0.25) is 13.8 Å². The Morgan fingerprint density at radius 2 is 2.22 bits per heavy atom. The molecule has 1 amide bonds. The van der Waals surface area contributed by atoms with Crippen molar-refractivity contribution >= 4 is 22.9 Å². The van der Waals surface area contributed by atoms with Gasteiger partial charge in [0.2, 0.25) is 5.91 Å². The summed E-state index contributed by atoms with van der Waals surface area (Å²) in [7, 11) is 0. The molecule has 3 rings (SSSR count). The van der Waals surface area contributed by atoms with Gasteiger partial charge in [0.25, 0.3) is 0 Å². The molecule has 5 atom stereocenters. The molecule has 0 aromatic carbocycles. The predicted molar refractivity (Wildman–Crippen MR) is 91.9 cm³/mol. The maximum atomic E-state index is 12.3. The zero-order valence-corrected chi connectivity index (χ0v) is 14.4. The van der Waals surface area contributed by atoms with E-state index in [0.29, 0.717) is 11.2 Å². The second kappa shape index (κ2) is 8.08. The average Bonchev–Trinajstić information content (AvgIpc) is 3.22. The quantitative estimate of drug-likeness (QED) is 0.370. The summed E-state index contributed by atoms with van der Waals surface area (Å²) in [6.07, 6.45) is -0.0893. The third-order valence-corrected chi connectivity index (χ3v) is 4.51. The van der Waals surface area contributed by atoms with Crippen LogP contribution in [-0.2, 0) is 9.53 Å². The van der Waals surface area contributed by atoms with E-state index in [9.17, 15) is 19.4 Å². The van der Waals surface area contributed by atoms with Gasteiger partial charge < -0.3 is 31.7 Å². The molecule has 11 nitrogen and oxygen atoms in total. The molecule has 27 heavy (non-hydrogen) atoms. The van der Waals surface area contributed by atoms with E-state index in [4.69, 9.17) is 16.2 Å². The number of rotatable bonds is 7. The van der Waals surface area contributed by atoms with E-state index in [1.807, 2.05) is 0 Å². The summed E-state index contributed by atoms with van der Waals surface area (Å²) < 4.78 is 19.4. The van der Waals surface area contributed by atoms with Crippen molar-refractivity contribution in [3.05, 3.63) is 12.7 Å². The van der Waals surface area contributed by atoms with Crippen LogP contribution in [0.4, 0.5) is 10.2 Å². The first-order chi connectivity index (χ1) is 13.0. The van der Waals surface area contributed by atoms with Gasteiger partial charge in [0.05, 0.1) is 31.7 Å². The number of aromatic nitrogens is 4. The number of hydrogen-bond donors (Lipinski definition) is 5. The monoisotopic (exact) mass is 383 g/mol. The maximum Gasteiger partial charge on any atom is 0.237 e. The number of anilines is 1. The summed E-state index contributed by atoms with van der Waals surface area (Å²) in [6, 6.07) is -1.84. The van der Waals surface area contributed by atoms with Gasteiger partial charge in [0.15, 0.2) is 17.7 Å². The number of carbonyl (C=O) groups is 1. The van der Waals surface area contributed by atoms with Crippen LogP contribution in [0, 0.1) is 0 Å². The molecular weight excluding hydrogens is 361 g/mol. The molecule has 0 spiro atoms. The van der Waals surface area contributed by atoms with Gasteiger partial charge in [-0.25, -0.2) is 15.0 Å². The standard InChI is InChI=1S/C15H22FN7O4/c16-3-1-2-7(17)14(26)22-9-8(4-24)27-15(11(9)25)23-6-21-10-12(18)19-5-20-13(10)23/h5-9,11,15,24-25H,1-4,17H2,(H,22,26)(H2,18,19,20)/t7?,8-,9?,11?,15?/m1/s1. The Labute approximate surface area is 153 Å². The number of ether oxygens (including phenoxy) is 1. The number of nitrogen functional groups attached to an aromatic ring is 1. The SMILES string of the molecule is Nc1ncnc2c1ncn2C1O[C@H](CO)C(NC(=O)C(N)CCCF)C1O. The van der Waals surface area contributed by atoms with Crippen molar-refractivity contribution in [1.29, 1.82) is 0 Å². The fourth-order valence-electron chi connectivity index (χ4n) is 3.06. The van der Waals surface area contributed by atoms with E-state index in [0.717, 1.165) is 0 Å². The van der Waals surface area contributed by atoms with E-state index >= 15 is 0 Å². The minimum Gasteiger partial charge on any atom is -0.394 e. The molecule has 0 radical (unpaired) electrons. The fourth-order valence-corrected chi connectivity index (χ4v) is 3.06. The minimum atomic E-state index is -1.21. The Bertz CT molecular complexity index is 804. The zero-order chi connectivity index (χ0) is 19.6. The average molecular weight is 383 g/mol. The molecule has 2 aromatic heterocycles. The fraction of sp³-hybridized carbons (Fsp3) is 0.600. The van der Waals surface area contributed by atoms with Gasteiger partial charge in [-0.2, -0.15) is 0 Å². The summed E-state index contributed by atoms with van der Waals surface area (Å²) >= 11 is 0. The van der Waals surface area contributed by atoms with Crippen molar-refractivity contribution in [2.45, 2.75) is 43.4 Å². The number of imidazole rings is 1. The molecular formula is C15H22FN7O4. The van der Waals surface area contributed by atoms with Gasteiger partial charge in [-0.05, 0) is 12.8 Å². The van der Waals surface area contributed by atoms with Crippen molar-refractivity contribution in [3.63, 3.8) is 0 Å². The minimum absolute atomic E-state index is 0.159. The first-order valence-corrected chi connectivity index (χ1v) is 8.47. The topological polar surface area (TPSA) is 174 Å². The van der Waals surface area contributed by atoms with Crippen LogP contribution in [0.3, 0.4) is 0 Å². The first kappa shape index (κ1) is 19.4. The van der Waals surface area contributed by atoms with E-state index in [1.165, 1.54) is 17.2 Å². The third kappa shape index (κ3) is 3.69. The second-order valence-electron chi connectivity index (χ2n) is 6.29. The molecule has 3 heterocycles. The Morgan fingerprint density at radius 3 is 2.93 bits per heavy atom. The van der Waals surface area contributed by atoms with Crippen LogP contribution in [0.5, 0.6) is 0 Å². The highest BCUT2D eigenvalue weighted by Gasteiger charge is 2.46. The smallest absolute Gasteiger partial charge is 0.237 e. The lowest BCUT2D eigenvalue weighted by Gasteiger charge is -2.22. The summed E-state index contributed by atoms with van der Waals surface area (Å²) in [4.78, 5) is 24.2. The number of alkyl halides is 1. The van der Waals surface area contributed by atoms with Gasteiger partial charge in [-0.1, -0.05) is 0 Å². The molecule has 148 valence electrons. The highest BCUT2D eigenvalue weighted by Crippen LogP contribution is 2.31. The second-order valence-corrected chi connectivity index (χ2v) is 6.29. The Hall–Kier alpha value is -2.41. The van der Waals surface area contributed by atoms with Crippen LogP contribution in [0.1, 0.15) is 19.1 Å². The lowest BCUT2D eigenvalue weighted by molar-refractivity contribution is -0.124. The lowest BCUT2D eigenvalue weighted by Crippen LogP contribution is -2.53. The van der Waals surface area contributed by atoms with Gasteiger partial charge in [0.1, 0.15) is 24.1 Å². The number of halogens is 1. The molecule has 4 unspecified atom stereocenters. The number of hydrogen-bond acceptors (Lipinski definition) is 9. The summed E-state index contributed by atoms with van der Waals surface area (Å²) in [5, 5.41) is 22.8. The Kier molecular flexibility index (Phi) is 5.79. The number of fused-ring (bicyclic) bond motifs is 1. The number of aliphatic hydroxyl groups is 2. The number of nitrogens with two attached hydrogens (primary N) is 2. The van der Waals surface area contributed by atoms with Gasteiger partial charge >= 0.3 is 0 Å². The van der Waals surface area contributed by atoms with Crippen LogP contribution < -0.4 is 16.8 Å². The molecule has 1 fully saturated rings. The van der Waals surface area contributed by atoms with Gasteiger partial charge in [-0.15, -0.1) is 0 Å². The van der Waals surface area contributed by atoms with E-state index in [2.05, 4.69) is 20.3 Å². The number of carbonyl (C=O) groups excluding carboxylic acids is 1. The normalized spacial score (nSPS) is 26.4. The van der Waals surface area contributed by atoms with Crippen LogP contribution in [0.2, 0.25) is 0 Å². The molecule has 0 bridgehead atoms. The van der Waals surface area contributed by atoms with E-state index in [-0.39, 0.29) is 18.7 Å². The molecule has 12 heteroatoms. The summed E-state index contributed by atoms with van der Waals surface area (Å²) in [5.41, 5.74) is 12.2. The lowest BCUT2D eigenvalue weighted by atomic mass is 10.1. The van der Waals surface area contributed by atoms with Crippen molar-refractivity contribution in [2.75, 3.05) is 19.0 Å². The molecule has 7 N–H and O–H groups in total. The largest absolute Gasteiger partial charge is 0.394 e. The number of nitrogens with one attached hydrogen (secondary N) is 1. The van der Waals surface area contributed by atoms with Gasteiger partial charge in [0, 0.05) is 0 Å². The number of nitrogens with zero attached hydrogens (tertiary/aromatic N) is 4. The van der Waals surface area contributed by atoms with Crippen LogP contribution in [0.25, 0.3) is 11.2 Å². The molecule has 1 aliphatic rings. The van der Waals surface area contributed by atoms with E-state index in [1.54, 1.807) is 0 Å². The molecule has 1 saturated heterocycles. The van der Waals surface area contributed by atoms with Crippen molar-refractivity contribution < 1.29 is 24.1 Å². The van der Waals surface area contributed by atoms with Crippen molar-refractivity contribution in [3.8, 4) is 0 Å². The zero-order valence-electron chi connectivity index (χ0n) is 14.4. The first-order valence-electron chi connectivity index (χ1n) is 8.47. The predicted octanol–water partition coefficient (Wildman–Crippen LogP) is -1.78. The summed E-state index contributed by atoms with van der Waals surface area (Å²) in [5.74, 6) is -0.383. The maximum absolute atomic E-state index is 12.3. The van der Waals surface area contributed by atoms with Crippen molar-refractivity contribution in [2.24, 2.45) is 5.73 Å². The highest BCUT2D eigenvalue weighted by molar-refractivity contribution is 5.82. The molecule has 2 aromatic rings. The summed E-state index contributed by atoms with van der Waals surface area (Å²) in [6.45, 7) is -1.02. The Balaban J connectivity index is 1.79. The third-order valence-electron chi connectivity index (χ3n) is 4.51.